The van der Waals surface area contributed by atoms with E-state index in [1.165, 1.54) is 5.69 Å². The number of aromatic nitrogens is 1. The van der Waals surface area contributed by atoms with E-state index in [-0.39, 0.29) is 5.91 Å². The molecule has 120 valence electrons. The van der Waals surface area contributed by atoms with Crippen molar-refractivity contribution in [2.45, 2.75) is 6.92 Å². The summed E-state index contributed by atoms with van der Waals surface area (Å²) >= 11 is 0. The third kappa shape index (κ3) is 3.44. The number of para-hydroxylation sites is 1. The fraction of sp³-hybridized carbons (Fsp3) is 0.333. The SMILES string of the molecule is CCNC(=O)c1cccnc1N1CCN(c2ccccc2)CC1. The van der Waals surface area contributed by atoms with Crippen molar-refractivity contribution < 1.29 is 4.79 Å². The number of nitrogens with one attached hydrogen (secondary N) is 1. The van der Waals surface area contributed by atoms with Crippen LogP contribution in [-0.2, 0) is 0 Å². The van der Waals surface area contributed by atoms with Gasteiger partial charge < -0.3 is 15.1 Å². The molecule has 23 heavy (non-hydrogen) atoms. The van der Waals surface area contributed by atoms with Gasteiger partial charge in [0.2, 0.25) is 0 Å². The molecule has 1 N–H and O–H groups in total. The van der Waals surface area contributed by atoms with Crippen LogP contribution < -0.4 is 15.1 Å². The van der Waals surface area contributed by atoms with Gasteiger partial charge >= 0.3 is 0 Å². The topological polar surface area (TPSA) is 48.5 Å². The number of anilines is 2. The van der Waals surface area contributed by atoms with Gasteiger partial charge in [0.05, 0.1) is 5.56 Å². The number of amides is 1. The van der Waals surface area contributed by atoms with Gasteiger partial charge in [-0.15, -0.1) is 0 Å². The molecule has 2 heterocycles. The Kier molecular flexibility index (Phi) is 4.76. The Labute approximate surface area is 136 Å². The Hall–Kier alpha value is -2.56. The third-order valence-electron chi connectivity index (χ3n) is 4.07. The molecule has 5 heteroatoms. The molecule has 0 radical (unpaired) electrons. The molecule has 0 saturated carbocycles. The molecule has 0 atom stereocenters. The van der Waals surface area contributed by atoms with Crippen molar-refractivity contribution in [3.63, 3.8) is 0 Å². The Morgan fingerprint density at radius 2 is 1.74 bits per heavy atom. The van der Waals surface area contributed by atoms with Crippen LogP contribution >= 0.6 is 0 Å². The summed E-state index contributed by atoms with van der Waals surface area (Å²) in [6.45, 7) is 6.11. The molecule has 0 unspecified atom stereocenters. The van der Waals surface area contributed by atoms with E-state index in [4.69, 9.17) is 0 Å². The first-order valence-electron chi connectivity index (χ1n) is 8.07. The highest BCUT2D eigenvalue weighted by Crippen LogP contribution is 2.21. The van der Waals surface area contributed by atoms with E-state index in [1.54, 1.807) is 6.20 Å². The van der Waals surface area contributed by atoms with Gasteiger partial charge in [0.25, 0.3) is 5.91 Å². The van der Waals surface area contributed by atoms with Gasteiger partial charge in [-0.05, 0) is 31.2 Å². The third-order valence-corrected chi connectivity index (χ3v) is 4.07. The molecule has 2 aromatic rings. The normalized spacial score (nSPS) is 14.7. The molecule has 1 amide bonds. The molecular weight excluding hydrogens is 288 g/mol. The van der Waals surface area contributed by atoms with Crippen LogP contribution in [0.15, 0.2) is 48.7 Å². The summed E-state index contributed by atoms with van der Waals surface area (Å²) in [4.78, 5) is 21.2. The molecule has 1 aliphatic heterocycles. The maximum Gasteiger partial charge on any atom is 0.255 e. The van der Waals surface area contributed by atoms with Crippen molar-refractivity contribution in [3.05, 3.63) is 54.2 Å². The Bertz CT molecular complexity index is 651. The molecule has 1 saturated heterocycles. The Balaban J connectivity index is 1.72. The predicted molar refractivity (Wildman–Crippen MR) is 93.1 cm³/mol. The lowest BCUT2D eigenvalue weighted by molar-refractivity contribution is 0.0956. The van der Waals surface area contributed by atoms with Crippen molar-refractivity contribution in [1.29, 1.82) is 0 Å². The highest BCUT2D eigenvalue weighted by atomic mass is 16.1. The number of nitrogens with zero attached hydrogens (tertiary/aromatic N) is 3. The summed E-state index contributed by atoms with van der Waals surface area (Å²) in [5, 5.41) is 2.86. The van der Waals surface area contributed by atoms with E-state index in [1.807, 2.05) is 25.1 Å². The predicted octanol–water partition coefficient (Wildman–Crippen LogP) is 2.16. The number of hydrogen-bond donors (Lipinski definition) is 1. The second kappa shape index (κ2) is 7.13. The zero-order chi connectivity index (χ0) is 16.1. The fourth-order valence-electron chi connectivity index (χ4n) is 2.90. The standard InChI is InChI=1S/C18H22N4O/c1-2-19-18(23)16-9-6-10-20-17(16)22-13-11-21(12-14-22)15-7-4-3-5-8-15/h3-10H,2,11-14H2,1H3,(H,19,23). The van der Waals surface area contributed by atoms with E-state index in [9.17, 15) is 4.79 Å². The van der Waals surface area contributed by atoms with Crippen LogP contribution in [0.1, 0.15) is 17.3 Å². The average Bonchev–Trinajstić information content (AvgIpc) is 2.63. The van der Waals surface area contributed by atoms with Gasteiger partial charge in [0.1, 0.15) is 5.82 Å². The van der Waals surface area contributed by atoms with Gasteiger partial charge in [0.15, 0.2) is 0 Å². The van der Waals surface area contributed by atoms with Gasteiger partial charge in [-0.2, -0.15) is 0 Å². The van der Waals surface area contributed by atoms with Crippen LogP contribution in [0.4, 0.5) is 11.5 Å². The van der Waals surface area contributed by atoms with Crippen molar-refractivity contribution in [3.8, 4) is 0 Å². The number of carbonyl (C=O) groups is 1. The highest BCUT2D eigenvalue weighted by molar-refractivity contribution is 5.98. The van der Waals surface area contributed by atoms with Crippen molar-refractivity contribution in [2.75, 3.05) is 42.5 Å². The van der Waals surface area contributed by atoms with Gasteiger partial charge in [-0.25, -0.2) is 4.98 Å². The molecule has 0 bridgehead atoms. The number of benzene rings is 1. The van der Waals surface area contributed by atoms with E-state index in [0.717, 1.165) is 32.0 Å². The number of piperazine rings is 1. The first-order valence-corrected chi connectivity index (χ1v) is 8.07. The lowest BCUT2D eigenvalue weighted by Gasteiger charge is -2.37. The summed E-state index contributed by atoms with van der Waals surface area (Å²) in [6, 6.07) is 14.1. The van der Waals surface area contributed by atoms with E-state index < -0.39 is 0 Å². The maximum absolute atomic E-state index is 12.2. The van der Waals surface area contributed by atoms with Crippen LogP contribution in [0.25, 0.3) is 0 Å². The zero-order valence-corrected chi connectivity index (χ0v) is 13.4. The lowest BCUT2D eigenvalue weighted by atomic mass is 10.2. The second-order valence-electron chi connectivity index (χ2n) is 5.54. The smallest absolute Gasteiger partial charge is 0.255 e. The van der Waals surface area contributed by atoms with Crippen LogP contribution in [0.2, 0.25) is 0 Å². The molecule has 3 rings (SSSR count). The van der Waals surface area contributed by atoms with E-state index >= 15 is 0 Å². The number of carbonyl (C=O) groups excluding carboxylic acids is 1. The maximum atomic E-state index is 12.2. The van der Waals surface area contributed by atoms with Gasteiger partial charge in [-0.3, -0.25) is 4.79 Å². The van der Waals surface area contributed by atoms with Gasteiger partial charge in [0, 0.05) is 44.6 Å². The quantitative estimate of drug-likeness (QED) is 0.940. The number of rotatable bonds is 4. The van der Waals surface area contributed by atoms with Crippen LogP contribution in [0.5, 0.6) is 0 Å². The first-order chi connectivity index (χ1) is 11.3. The average molecular weight is 310 g/mol. The van der Waals surface area contributed by atoms with Crippen molar-refractivity contribution in [2.24, 2.45) is 0 Å². The van der Waals surface area contributed by atoms with Crippen LogP contribution in [0.3, 0.4) is 0 Å². The summed E-state index contributed by atoms with van der Waals surface area (Å²) in [7, 11) is 0. The van der Waals surface area contributed by atoms with E-state index in [2.05, 4.69) is 44.4 Å². The fourth-order valence-corrected chi connectivity index (χ4v) is 2.90. The Morgan fingerprint density at radius 3 is 2.43 bits per heavy atom. The highest BCUT2D eigenvalue weighted by Gasteiger charge is 2.22. The molecule has 1 aliphatic rings. The Morgan fingerprint density at radius 1 is 1.04 bits per heavy atom. The molecule has 5 nitrogen and oxygen atoms in total. The van der Waals surface area contributed by atoms with Crippen LogP contribution in [0, 0.1) is 0 Å². The van der Waals surface area contributed by atoms with Crippen molar-refractivity contribution in [1.82, 2.24) is 10.3 Å². The van der Waals surface area contributed by atoms with E-state index in [0.29, 0.717) is 12.1 Å². The van der Waals surface area contributed by atoms with Crippen molar-refractivity contribution >= 4 is 17.4 Å². The molecule has 1 aromatic carbocycles. The molecule has 1 fully saturated rings. The number of hydrogen-bond acceptors (Lipinski definition) is 4. The largest absolute Gasteiger partial charge is 0.368 e. The first kappa shape index (κ1) is 15.3. The summed E-state index contributed by atoms with van der Waals surface area (Å²) in [5.74, 6) is 0.729. The minimum absolute atomic E-state index is 0.0545. The monoisotopic (exact) mass is 310 g/mol. The second-order valence-corrected chi connectivity index (χ2v) is 5.54. The zero-order valence-electron chi connectivity index (χ0n) is 13.4. The lowest BCUT2D eigenvalue weighted by Crippen LogP contribution is -2.47. The number of pyridine rings is 1. The minimum atomic E-state index is -0.0545. The molecular formula is C18H22N4O. The summed E-state index contributed by atoms with van der Waals surface area (Å²) in [5.41, 5.74) is 1.90. The molecule has 1 aromatic heterocycles. The molecule has 0 aliphatic carbocycles. The summed E-state index contributed by atoms with van der Waals surface area (Å²) < 4.78 is 0. The minimum Gasteiger partial charge on any atom is -0.368 e. The van der Waals surface area contributed by atoms with Crippen LogP contribution in [-0.4, -0.2) is 43.6 Å². The summed E-state index contributed by atoms with van der Waals surface area (Å²) in [6.07, 6.45) is 1.75. The molecule has 0 spiro atoms. The van der Waals surface area contributed by atoms with Gasteiger partial charge in [-0.1, -0.05) is 18.2 Å².